The fourth-order valence-corrected chi connectivity index (χ4v) is 3.79. The van der Waals surface area contributed by atoms with Gasteiger partial charge in [-0.05, 0) is 41.3 Å². The van der Waals surface area contributed by atoms with Gasteiger partial charge in [-0.15, -0.1) is 0 Å². The number of anilines is 1. The van der Waals surface area contributed by atoms with Crippen LogP contribution >= 0.6 is 0 Å². The largest absolute Gasteiger partial charge is 0.497 e. The number of hydrogen-bond acceptors (Lipinski definition) is 3. The van der Waals surface area contributed by atoms with Crippen molar-refractivity contribution in [3.8, 4) is 5.75 Å². The standard InChI is InChI=1S/C22H22N2O3/c1-27-17-7-8-20-18(13-17)19(14-21(25)23-20)22(26)24-11-9-16(10-12-24)15-5-3-2-4-6-15/h2-9,13,19H,10-12,14H2,1H3,(H,23,25). The number of nitrogens with zero attached hydrogens (tertiary/aromatic N) is 1. The summed E-state index contributed by atoms with van der Waals surface area (Å²) in [6.07, 6.45) is 3.11. The number of ether oxygens (including phenoxy) is 1. The Morgan fingerprint density at radius 3 is 2.70 bits per heavy atom. The topological polar surface area (TPSA) is 58.6 Å². The zero-order valence-electron chi connectivity index (χ0n) is 15.3. The van der Waals surface area contributed by atoms with Gasteiger partial charge in [0.15, 0.2) is 0 Å². The molecule has 27 heavy (non-hydrogen) atoms. The minimum atomic E-state index is -0.462. The predicted molar refractivity (Wildman–Crippen MR) is 105 cm³/mol. The summed E-state index contributed by atoms with van der Waals surface area (Å²) < 4.78 is 5.30. The Morgan fingerprint density at radius 2 is 2.00 bits per heavy atom. The van der Waals surface area contributed by atoms with Crippen LogP contribution in [0.3, 0.4) is 0 Å². The van der Waals surface area contributed by atoms with Crippen molar-refractivity contribution in [1.29, 1.82) is 0 Å². The highest BCUT2D eigenvalue weighted by Crippen LogP contribution is 2.36. The van der Waals surface area contributed by atoms with Gasteiger partial charge in [-0.2, -0.15) is 0 Å². The van der Waals surface area contributed by atoms with Crippen LogP contribution in [0.25, 0.3) is 5.57 Å². The number of hydrogen-bond donors (Lipinski definition) is 1. The molecule has 0 aromatic heterocycles. The molecule has 2 amide bonds. The van der Waals surface area contributed by atoms with Gasteiger partial charge in [0.1, 0.15) is 5.75 Å². The Bertz CT molecular complexity index is 905. The first-order valence-electron chi connectivity index (χ1n) is 9.17. The molecular formula is C22H22N2O3. The lowest BCUT2D eigenvalue weighted by Gasteiger charge is -2.32. The third-order valence-corrected chi connectivity index (χ3v) is 5.26. The average molecular weight is 362 g/mol. The van der Waals surface area contributed by atoms with Crippen molar-refractivity contribution in [1.82, 2.24) is 4.90 Å². The predicted octanol–water partition coefficient (Wildman–Crippen LogP) is 3.44. The molecule has 2 aromatic rings. The van der Waals surface area contributed by atoms with Gasteiger partial charge in [0.05, 0.1) is 13.0 Å². The molecule has 0 saturated heterocycles. The summed E-state index contributed by atoms with van der Waals surface area (Å²) >= 11 is 0. The third kappa shape index (κ3) is 3.45. The van der Waals surface area contributed by atoms with Crippen LogP contribution in [-0.2, 0) is 9.59 Å². The summed E-state index contributed by atoms with van der Waals surface area (Å²) in [5.74, 6) is 0.106. The summed E-state index contributed by atoms with van der Waals surface area (Å²) in [6, 6.07) is 15.7. The Morgan fingerprint density at radius 1 is 1.19 bits per heavy atom. The lowest BCUT2D eigenvalue weighted by Crippen LogP contribution is -2.40. The van der Waals surface area contributed by atoms with Gasteiger partial charge in [-0.25, -0.2) is 0 Å². The van der Waals surface area contributed by atoms with Crippen molar-refractivity contribution in [2.75, 3.05) is 25.5 Å². The van der Waals surface area contributed by atoms with E-state index in [1.54, 1.807) is 19.2 Å². The average Bonchev–Trinajstić information content (AvgIpc) is 2.73. The fourth-order valence-electron chi connectivity index (χ4n) is 3.79. The van der Waals surface area contributed by atoms with E-state index >= 15 is 0 Å². The quantitative estimate of drug-likeness (QED) is 0.910. The lowest BCUT2D eigenvalue weighted by molar-refractivity contribution is -0.134. The number of carbonyl (C=O) groups is 2. The molecule has 2 aromatic carbocycles. The third-order valence-electron chi connectivity index (χ3n) is 5.26. The van der Waals surface area contributed by atoms with Gasteiger partial charge in [-0.1, -0.05) is 36.4 Å². The van der Waals surface area contributed by atoms with Crippen molar-refractivity contribution in [2.24, 2.45) is 0 Å². The van der Waals surface area contributed by atoms with Gasteiger partial charge in [-0.3, -0.25) is 9.59 Å². The molecule has 1 unspecified atom stereocenters. The molecule has 1 N–H and O–H groups in total. The number of rotatable bonds is 3. The minimum absolute atomic E-state index is 0.00251. The molecule has 0 fully saturated rings. The summed E-state index contributed by atoms with van der Waals surface area (Å²) in [5, 5.41) is 2.85. The van der Waals surface area contributed by atoms with Crippen LogP contribution in [0.1, 0.15) is 29.9 Å². The smallest absolute Gasteiger partial charge is 0.231 e. The van der Waals surface area contributed by atoms with Crippen LogP contribution in [0, 0.1) is 0 Å². The maximum absolute atomic E-state index is 13.2. The van der Waals surface area contributed by atoms with Crippen LogP contribution in [0.5, 0.6) is 5.75 Å². The fraction of sp³-hybridized carbons (Fsp3) is 0.273. The Kier molecular flexibility index (Phi) is 4.67. The van der Waals surface area contributed by atoms with Gasteiger partial charge in [0, 0.05) is 25.2 Å². The number of methoxy groups -OCH3 is 1. The Balaban J connectivity index is 1.56. The zero-order chi connectivity index (χ0) is 18.8. The van der Waals surface area contributed by atoms with E-state index in [9.17, 15) is 9.59 Å². The van der Waals surface area contributed by atoms with Crippen molar-refractivity contribution >= 4 is 23.1 Å². The van der Waals surface area contributed by atoms with Crippen LogP contribution in [-0.4, -0.2) is 36.9 Å². The van der Waals surface area contributed by atoms with Crippen molar-refractivity contribution < 1.29 is 14.3 Å². The summed E-state index contributed by atoms with van der Waals surface area (Å²) in [4.78, 5) is 27.1. The summed E-state index contributed by atoms with van der Waals surface area (Å²) in [7, 11) is 1.60. The van der Waals surface area contributed by atoms with E-state index in [4.69, 9.17) is 4.74 Å². The highest BCUT2D eigenvalue weighted by Gasteiger charge is 2.34. The molecule has 2 heterocycles. The highest BCUT2D eigenvalue weighted by atomic mass is 16.5. The van der Waals surface area contributed by atoms with Gasteiger partial charge in [0.25, 0.3) is 0 Å². The Hall–Kier alpha value is -3.08. The number of nitrogens with one attached hydrogen (secondary N) is 1. The maximum Gasteiger partial charge on any atom is 0.231 e. The lowest BCUT2D eigenvalue weighted by atomic mass is 9.88. The van der Waals surface area contributed by atoms with Crippen LogP contribution < -0.4 is 10.1 Å². The first-order chi connectivity index (χ1) is 13.2. The number of carbonyl (C=O) groups excluding carboxylic acids is 2. The van der Waals surface area contributed by atoms with E-state index in [0.29, 0.717) is 24.5 Å². The van der Waals surface area contributed by atoms with E-state index in [0.717, 1.165) is 12.0 Å². The molecule has 0 saturated carbocycles. The first-order valence-corrected chi connectivity index (χ1v) is 9.17. The van der Waals surface area contributed by atoms with Crippen LogP contribution in [0.4, 0.5) is 5.69 Å². The SMILES string of the molecule is COc1ccc2c(c1)C(C(=O)N1CC=C(c3ccccc3)CC1)CC(=O)N2. The van der Waals surface area contributed by atoms with E-state index in [1.807, 2.05) is 29.2 Å². The number of benzene rings is 2. The molecule has 1 atom stereocenters. The second-order valence-corrected chi connectivity index (χ2v) is 6.89. The molecule has 4 rings (SSSR count). The molecule has 0 aliphatic carbocycles. The van der Waals surface area contributed by atoms with E-state index in [1.165, 1.54) is 11.1 Å². The molecule has 0 radical (unpaired) electrons. The zero-order valence-corrected chi connectivity index (χ0v) is 15.3. The van der Waals surface area contributed by atoms with Crippen LogP contribution in [0.15, 0.2) is 54.6 Å². The van der Waals surface area contributed by atoms with Gasteiger partial charge >= 0.3 is 0 Å². The normalized spacial score (nSPS) is 19.0. The summed E-state index contributed by atoms with van der Waals surface area (Å²) in [5.41, 5.74) is 4.00. The number of amides is 2. The Labute approximate surface area is 158 Å². The molecule has 2 aliphatic heterocycles. The first kappa shape index (κ1) is 17.3. The van der Waals surface area contributed by atoms with Crippen molar-refractivity contribution in [3.63, 3.8) is 0 Å². The minimum Gasteiger partial charge on any atom is -0.497 e. The van der Waals surface area contributed by atoms with Crippen LogP contribution in [0.2, 0.25) is 0 Å². The van der Waals surface area contributed by atoms with E-state index < -0.39 is 5.92 Å². The van der Waals surface area contributed by atoms with Gasteiger partial charge < -0.3 is 15.0 Å². The maximum atomic E-state index is 13.2. The molecule has 0 bridgehead atoms. The monoisotopic (exact) mass is 362 g/mol. The molecular weight excluding hydrogens is 340 g/mol. The second-order valence-electron chi connectivity index (χ2n) is 6.89. The number of fused-ring (bicyclic) bond motifs is 1. The van der Waals surface area contributed by atoms with E-state index in [2.05, 4.69) is 23.5 Å². The summed E-state index contributed by atoms with van der Waals surface area (Å²) in [6.45, 7) is 1.23. The molecule has 5 heteroatoms. The second kappa shape index (κ2) is 7.27. The molecule has 5 nitrogen and oxygen atoms in total. The van der Waals surface area contributed by atoms with E-state index in [-0.39, 0.29) is 18.2 Å². The van der Waals surface area contributed by atoms with Gasteiger partial charge in [0.2, 0.25) is 11.8 Å². The van der Waals surface area contributed by atoms with Crippen molar-refractivity contribution in [2.45, 2.75) is 18.8 Å². The molecule has 0 spiro atoms. The molecule has 2 aliphatic rings. The highest BCUT2D eigenvalue weighted by molar-refractivity contribution is 6.01. The molecule has 138 valence electrons. The van der Waals surface area contributed by atoms with Crippen molar-refractivity contribution in [3.05, 3.63) is 65.7 Å².